The van der Waals surface area contributed by atoms with Gasteiger partial charge in [0.1, 0.15) is 0 Å². The molecule has 1 N–H and O–H groups in total. The second-order valence-corrected chi connectivity index (χ2v) is 5.46. The molecule has 0 radical (unpaired) electrons. The van der Waals surface area contributed by atoms with Crippen molar-refractivity contribution in [2.24, 2.45) is 0 Å². The molecule has 3 nitrogen and oxygen atoms in total. The summed E-state index contributed by atoms with van der Waals surface area (Å²) < 4.78 is 0. The second-order valence-electron chi connectivity index (χ2n) is 5.46. The predicted octanol–water partition coefficient (Wildman–Crippen LogP) is 4.30. The first-order chi connectivity index (χ1) is 11.7. The maximum atomic E-state index is 12.3. The summed E-state index contributed by atoms with van der Waals surface area (Å²) in [5.41, 5.74) is 7.25. The first kappa shape index (κ1) is 17.5. The van der Waals surface area contributed by atoms with E-state index >= 15 is 0 Å². The van der Waals surface area contributed by atoms with Crippen LogP contribution in [0, 0.1) is 0 Å². The van der Waals surface area contributed by atoms with Crippen molar-refractivity contribution in [3.05, 3.63) is 96.1 Å². The van der Waals surface area contributed by atoms with Crippen LogP contribution >= 0.6 is 0 Å². The number of amides is 1. The van der Waals surface area contributed by atoms with Crippen molar-refractivity contribution in [3.63, 3.8) is 0 Å². The Labute approximate surface area is 143 Å². The van der Waals surface area contributed by atoms with Gasteiger partial charge in [-0.2, -0.15) is 0 Å². The number of rotatable bonds is 8. The van der Waals surface area contributed by atoms with Crippen molar-refractivity contribution < 1.29 is 4.79 Å². The largest absolute Gasteiger partial charge is 0.345 e. The molecule has 1 heterocycles. The maximum Gasteiger partial charge on any atom is 0.253 e. The molecule has 1 aromatic rings. The first-order valence-corrected chi connectivity index (χ1v) is 7.95. The Morgan fingerprint density at radius 3 is 2.88 bits per heavy atom. The summed E-state index contributed by atoms with van der Waals surface area (Å²) in [4.78, 5) is 16.3. The lowest BCUT2D eigenvalue weighted by Gasteiger charge is -2.25. The summed E-state index contributed by atoms with van der Waals surface area (Å²) in [5.74, 6) is -0.131. The van der Waals surface area contributed by atoms with Crippen LogP contribution in [0.4, 0.5) is 0 Å². The van der Waals surface area contributed by atoms with Gasteiger partial charge in [-0.1, -0.05) is 37.0 Å². The molecule has 2 rings (SSSR count). The number of carbonyl (C=O) groups is 1. The minimum absolute atomic E-state index is 0.0884. The molecule has 1 aliphatic rings. The molecule has 122 valence electrons. The SMILES string of the molecule is C=C/C=C(\C=C/C)C1=C=C(C(CC=C)NC(=O)c2cccnc2)C1. The van der Waals surface area contributed by atoms with E-state index in [1.165, 1.54) is 0 Å². The van der Waals surface area contributed by atoms with Crippen LogP contribution in [-0.2, 0) is 0 Å². The number of allylic oxidation sites excluding steroid dienone is 5. The molecule has 0 saturated heterocycles. The van der Waals surface area contributed by atoms with Crippen LogP contribution in [0.5, 0.6) is 0 Å². The predicted molar refractivity (Wildman–Crippen MR) is 98.6 cm³/mol. The maximum absolute atomic E-state index is 12.3. The van der Waals surface area contributed by atoms with Gasteiger partial charge in [0.15, 0.2) is 0 Å². The molecule has 1 unspecified atom stereocenters. The molecule has 1 amide bonds. The third-order valence-corrected chi connectivity index (χ3v) is 3.72. The summed E-state index contributed by atoms with van der Waals surface area (Å²) >= 11 is 0. The molecule has 0 fully saturated rings. The van der Waals surface area contributed by atoms with E-state index in [9.17, 15) is 4.79 Å². The molecule has 0 bridgehead atoms. The van der Waals surface area contributed by atoms with E-state index in [1.807, 2.05) is 31.2 Å². The fourth-order valence-corrected chi connectivity index (χ4v) is 2.51. The number of nitrogens with one attached hydrogen (secondary N) is 1. The van der Waals surface area contributed by atoms with Gasteiger partial charge in [-0.25, -0.2) is 0 Å². The van der Waals surface area contributed by atoms with Gasteiger partial charge in [0.25, 0.3) is 5.91 Å². The molecule has 0 spiro atoms. The number of aromatic nitrogens is 1. The van der Waals surface area contributed by atoms with Crippen molar-refractivity contribution in [2.75, 3.05) is 0 Å². The normalized spacial score (nSPS) is 15.1. The van der Waals surface area contributed by atoms with Crippen LogP contribution in [0.25, 0.3) is 0 Å². The fourth-order valence-electron chi connectivity index (χ4n) is 2.51. The van der Waals surface area contributed by atoms with Gasteiger partial charge in [0.05, 0.1) is 11.6 Å². The monoisotopic (exact) mass is 318 g/mol. The minimum Gasteiger partial charge on any atom is -0.345 e. The van der Waals surface area contributed by atoms with E-state index in [-0.39, 0.29) is 11.9 Å². The van der Waals surface area contributed by atoms with Gasteiger partial charge in [0, 0.05) is 24.4 Å². The molecule has 24 heavy (non-hydrogen) atoms. The van der Waals surface area contributed by atoms with E-state index in [0.717, 1.165) is 23.1 Å². The summed E-state index contributed by atoms with van der Waals surface area (Å²) in [6.07, 6.45) is 14.3. The highest BCUT2D eigenvalue weighted by atomic mass is 16.1. The van der Waals surface area contributed by atoms with Gasteiger partial charge in [-0.3, -0.25) is 9.78 Å². The van der Waals surface area contributed by atoms with Crippen molar-refractivity contribution in [1.82, 2.24) is 10.3 Å². The molecule has 0 saturated carbocycles. The van der Waals surface area contributed by atoms with E-state index in [4.69, 9.17) is 0 Å². The molecule has 3 heteroatoms. The highest BCUT2D eigenvalue weighted by molar-refractivity contribution is 5.94. The molecule has 1 aliphatic carbocycles. The van der Waals surface area contributed by atoms with E-state index in [0.29, 0.717) is 12.0 Å². The number of nitrogens with zero attached hydrogens (tertiary/aromatic N) is 1. The zero-order chi connectivity index (χ0) is 17.4. The van der Waals surface area contributed by atoms with Crippen molar-refractivity contribution in [2.45, 2.75) is 25.8 Å². The molecule has 0 aliphatic heterocycles. The summed E-state index contributed by atoms with van der Waals surface area (Å²) in [7, 11) is 0. The fraction of sp³-hybridized carbons (Fsp3) is 0.190. The van der Waals surface area contributed by atoms with Gasteiger partial charge < -0.3 is 5.32 Å². The first-order valence-electron chi connectivity index (χ1n) is 7.95. The second kappa shape index (κ2) is 8.66. The topological polar surface area (TPSA) is 42.0 Å². The number of carbonyl (C=O) groups excluding carboxylic acids is 1. The minimum atomic E-state index is -0.131. The van der Waals surface area contributed by atoms with Crippen molar-refractivity contribution >= 4 is 5.91 Å². The van der Waals surface area contributed by atoms with Crippen LogP contribution in [0.15, 0.2) is 90.5 Å². The zero-order valence-corrected chi connectivity index (χ0v) is 14.0. The van der Waals surface area contributed by atoms with E-state index in [1.54, 1.807) is 30.6 Å². The molecule has 1 atom stereocenters. The van der Waals surface area contributed by atoms with Crippen LogP contribution < -0.4 is 5.32 Å². The average molecular weight is 318 g/mol. The molecule has 1 aromatic heterocycles. The standard InChI is InChI=1S/C21H22N2O/c1-4-8-16(9-5-2)18-13-19(14-18)20(10-6-3)23-21(24)17-11-7-12-22-15-17/h4-9,11-12,15,20H,1,3,10,13H2,2H3,(H,23,24)/b9-5-,16-8+. The highest BCUT2D eigenvalue weighted by Crippen LogP contribution is 2.30. The van der Waals surface area contributed by atoms with Crippen LogP contribution in [-0.4, -0.2) is 16.9 Å². The average Bonchev–Trinajstić information content (AvgIpc) is 2.55. The molecular weight excluding hydrogens is 296 g/mol. The van der Waals surface area contributed by atoms with Crippen LogP contribution in [0.3, 0.4) is 0 Å². The van der Waals surface area contributed by atoms with Crippen LogP contribution in [0.2, 0.25) is 0 Å². The van der Waals surface area contributed by atoms with Gasteiger partial charge in [-0.05, 0) is 36.6 Å². The lowest BCUT2D eigenvalue weighted by Crippen LogP contribution is -2.37. The lowest BCUT2D eigenvalue weighted by molar-refractivity contribution is 0.0942. The third kappa shape index (κ3) is 4.31. The number of hydrogen-bond acceptors (Lipinski definition) is 2. The Hall–Kier alpha value is -2.90. The Morgan fingerprint density at radius 1 is 1.50 bits per heavy atom. The Bertz CT molecular complexity index is 747. The lowest BCUT2D eigenvalue weighted by atomic mass is 9.85. The van der Waals surface area contributed by atoms with Crippen molar-refractivity contribution in [3.8, 4) is 0 Å². The van der Waals surface area contributed by atoms with Gasteiger partial charge >= 0.3 is 0 Å². The van der Waals surface area contributed by atoms with Gasteiger partial charge in [-0.15, -0.1) is 12.3 Å². The summed E-state index contributed by atoms with van der Waals surface area (Å²) in [5, 5.41) is 3.04. The van der Waals surface area contributed by atoms with Gasteiger partial charge in [0.2, 0.25) is 0 Å². The quantitative estimate of drug-likeness (QED) is 0.441. The number of hydrogen-bond donors (Lipinski definition) is 1. The molecule has 0 aromatic carbocycles. The van der Waals surface area contributed by atoms with Crippen LogP contribution in [0.1, 0.15) is 30.1 Å². The van der Waals surface area contributed by atoms with E-state index < -0.39 is 0 Å². The summed E-state index contributed by atoms with van der Waals surface area (Å²) in [6.45, 7) is 9.51. The Kier molecular flexibility index (Phi) is 6.30. The Morgan fingerprint density at radius 2 is 2.29 bits per heavy atom. The smallest absolute Gasteiger partial charge is 0.253 e. The zero-order valence-electron chi connectivity index (χ0n) is 14.0. The van der Waals surface area contributed by atoms with Crippen molar-refractivity contribution in [1.29, 1.82) is 0 Å². The highest BCUT2D eigenvalue weighted by Gasteiger charge is 2.23. The summed E-state index contributed by atoms with van der Waals surface area (Å²) in [6, 6.07) is 3.41. The third-order valence-electron chi connectivity index (χ3n) is 3.72. The number of pyridine rings is 1. The Balaban J connectivity index is 2.19. The molecular formula is C21H22N2O. The van der Waals surface area contributed by atoms with E-state index in [2.05, 4.69) is 29.2 Å².